The van der Waals surface area contributed by atoms with Gasteiger partial charge in [0.05, 0.1) is 5.25 Å². The summed E-state index contributed by atoms with van der Waals surface area (Å²) < 4.78 is 1.12. The van der Waals surface area contributed by atoms with Crippen LogP contribution in [-0.4, -0.2) is 6.04 Å². The van der Waals surface area contributed by atoms with Crippen molar-refractivity contribution in [3.8, 4) is 0 Å². The number of rotatable bonds is 4. The van der Waals surface area contributed by atoms with E-state index in [1.165, 1.54) is 21.6 Å². The van der Waals surface area contributed by atoms with E-state index in [0.29, 0.717) is 0 Å². The van der Waals surface area contributed by atoms with E-state index in [4.69, 9.17) is 5.73 Å². The minimum absolute atomic E-state index is 0.0828. The van der Waals surface area contributed by atoms with Gasteiger partial charge >= 0.3 is 0 Å². The summed E-state index contributed by atoms with van der Waals surface area (Å²) in [5.74, 6) is 0. The maximum absolute atomic E-state index is 6.22. The largest absolute Gasteiger partial charge is 0.327 e. The average Bonchev–Trinajstić information content (AvgIpc) is 2.39. The van der Waals surface area contributed by atoms with Gasteiger partial charge in [-0.15, -0.1) is 11.8 Å². The SMILES string of the molecule is Cc1ccc(SC(c2ccccc2Br)C(C)N)c(C)c1. The van der Waals surface area contributed by atoms with E-state index in [-0.39, 0.29) is 11.3 Å². The van der Waals surface area contributed by atoms with Crippen molar-refractivity contribution in [1.82, 2.24) is 0 Å². The Labute approximate surface area is 134 Å². The van der Waals surface area contributed by atoms with Crippen LogP contribution in [0.3, 0.4) is 0 Å². The Morgan fingerprint density at radius 2 is 1.80 bits per heavy atom. The van der Waals surface area contributed by atoms with Crippen LogP contribution >= 0.6 is 27.7 Å². The molecule has 0 saturated heterocycles. The fraction of sp³-hybridized carbons (Fsp3) is 0.294. The molecule has 0 bridgehead atoms. The topological polar surface area (TPSA) is 26.0 Å². The summed E-state index contributed by atoms with van der Waals surface area (Å²) in [5, 5.41) is 0.243. The second-order valence-corrected chi connectivity index (χ2v) is 7.23. The molecule has 20 heavy (non-hydrogen) atoms. The zero-order valence-electron chi connectivity index (χ0n) is 12.1. The Morgan fingerprint density at radius 1 is 1.10 bits per heavy atom. The summed E-state index contributed by atoms with van der Waals surface area (Å²) in [5.41, 5.74) is 10.1. The maximum atomic E-state index is 6.22. The Bertz CT molecular complexity index is 595. The number of halogens is 1. The van der Waals surface area contributed by atoms with Crippen LogP contribution < -0.4 is 5.73 Å². The lowest BCUT2D eigenvalue weighted by atomic mass is 10.1. The number of thioether (sulfide) groups is 1. The van der Waals surface area contributed by atoms with Gasteiger partial charge in [0.25, 0.3) is 0 Å². The zero-order valence-corrected chi connectivity index (χ0v) is 14.5. The number of aryl methyl sites for hydroxylation is 2. The normalized spacial score (nSPS) is 14.1. The molecule has 0 spiro atoms. The van der Waals surface area contributed by atoms with Gasteiger partial charge < -0.3 is 5.73 Å². The van der Waals surface area contributed by atoms with Crippen LogP contribution in [0, 0.1) is 13.8 Å². The van der Waals surface area contributed by atoms with Crippen molar-refractivity contribution < 1.29 is 0 Å². The van der Waals surface area contributed by atoms with E-state index in [9.17, 15) is 0 Å². The van der Waals surface area contributed by atoms with Crippen LogP contribution in [0.1, 0.15) is 28.9 Å². The smallest absolute Gasteiger partial charge is 0.0504 e. The molecule has 2 aromatic rings. The van der Waals surface area contributed by atoms with Crippen molar-refractivity contribution in [2.45, 2.75) is 37.0 Å². The third-order valence-electron chi connectivity index (χ3n) is 3.27. The van der Waals surface area contributed by atoms with Crippen LogP contribution in [0.4, 0.5) is 0 Å². The summed E-state index contributed by atoms with van der Waals surface area (Å²) in [6.07, 6.45) is 0. The Morgan fingerprint density at radius 3 is 2.40 bits per heavy atom. The molecule has 106 valence electrons. The van der Waals surface area contributed by atoms with Gasteiger partial charge in [-0.05, 0) is 44.0 Å². The highest BCUT2D eigenvalue weighted by Gasteiger charge is 2.20. The molecule has 0 saturated carbocycles. The number of benzene rings is 2. The van der Waals surface area contributed by atoms with Gasteiger partial charge in [-0.2, -0.15) is 0 Å². The third-order valence-corrected chi connectivity index (χ3v) is 5.64. The van der Waals surface area contributed by atoms with Gasteiger partial charge in [-0.25, -0.2) is 0 Å². The molecule has 0 fully saturated rings. The molecule has 2 atom stereocenters. The van der Waals surface area contributed by atoms with E-state index < -0.39 is 0 Å². The summed E-state index contributed by atoms with van der Waals surface area (Å²) in [4.78, 5) is 1.30. The predicted molar refractivity (Wildman–Crippen MR) is 92.3 cm³/mol. The lowest BCUT2D eigenvalue weighted by molar-refractivity contribution is 0.719. The van der Waals surface area contributed by atoms with Crippen molar-refractivity contribution in [3.05, 3.63) is 63.6 Å². The summed E-state index contributed by atoms with van der Waals surface area (Å²) in [6, 6.07) is 15.0. The lowest BCUT2D eigenvalue weighted by Gasteiger charge is -2.23. The quantitative estimate of drug-likeness (QED) is 0.763. The molecular formula is C17H20BrNS. The van der Waals surface area contributed by atoms with Gasteiger partial charge in [-0.1, -0.05) is 51.8 Å². The Kier molecular flexibility index (Phi) is 5.30. The molecule has 0 aliphatic rings. The standard InChI is InChI=1S/C17H20BrNS/c1-11-8-9-16(12(2)10-11)20-17(13(3)19)14-6-4-5-7-15(14)18/h4-10,13,17H,19H2,1-3H3. The predicted octanol–water partition coefficient (Wildman–Crippen LogP) is 5.25. The Balaban J connectivity index is 2.33. The monoisotopic (exact) mass is 349 g/mol. The molecule has 0 heterocycles. The molecule has 0 aliphatic heterocycles. The van der Waals surface area contributed by atoms with Crippen LogP contribution in [0.15, 0.2) is 51.8 Å². The van der Waals surface area contributed by atoms with E-state index >= 15 is 0 Å². The van der Waals surface area contributed by atoms with Gasteiger partial charge in [-0.3, -0.25) is 0 Å². The first-order valence-electron chi connectivity index (χ1n) is 6.73. The first-order valence-corrected chi connectivity index (χ1v) is 8.40. The molecule has 0 radical (unpaired) electrons. The number of hydrogen-bond acceptors (Lipinski definition) is 2. The van der Waals surface area contributed by atoms with Crippen molar-refractivity contribution in [2.24, 2.45) is 5.73 Å². The molecule has 0 aliphatic carbocycles. The maximum Gasteiger partial charge on any atom is 0.0504 e. The van der Waals surface area contributed by atoms with Gasteiger partial charge in [0.15, 0.2) is 0 Å². The molecular weight excluding hydrogens is 330 g/mol. The van der Waals surface area contributed by atoms with Crippen LogP contribution in [0.2, 0.25) is 0 Å². The molecule has 3 heteroatoms. The van der Waals surface area contributed by atoms with Gasteiger partial charge in [0.2, 0.25) is 0 Å². The van der Waals surface area contributed by atoms with Crippen molar-refractivity contribution in [3.63, 3.8) is 0 Å². The molecule has 2 rings (SSSR count). The van der Waals surface area contributed by atoms with Crippen molar-refractivity contribution in [1.29, 1.82) is 0 Å². The second kappa shape index (κ2) is 6.79. The van der Waals surface area contributed by atoms with Gasteiger partial charge in [0, 0.05) is 15.4 Å². The highest BCUT2D eigenvalue weighted by atomic mass is 79.9. The summed E-state index contributed by atoms with van der Waals surface area (Å²) in [7, 11) is 0. The molecule has 2 aromatic carbocycles. The number of hydrogen-bond donors (Lipinski definition) is 1. The van der Waals surface area contributed by atoms with Crippen LogP contribution in [0.5, 0.6) is 0 Å². The first kappa shape index (κ1) is 15.6. The molecule has 0 aromatic heterocycles. The minimum atomic E-state index is 0.0828. The van der Waals surface area contributed by atoms with Crippen molar-refractivity contribution >= 4 is 27.7 Å². The van der Waals surface area contributed by atoms with Crippen LogP contribution in [-0.2, 0) is 0 Å². The van der Waals surface area contributed by atoms with Gasteiger partial charge in [0.1, 0.15) is 0 Å². The summed E-state index contributed by atoms with van der Waals surface area (Å²) in [6.45, 7) is 6.35. The van der Waals surface area contributed by atoms with E-state index in [2.05, 4.69) is 73.1 Å². The van der Waals surface area contributed by atoms with Crippen molar-refractivity contribution in [2.75, 3.05) is 0 Å². The van der Waals surface area contributed by atoms with E-state index in [0.717, 1.165) is 4.47 Å². The highest BCUT2D eigenvalue weighted by Crippen LogP contribution is 2.41. The average molecular weight is 350 g/mol. The molecule has 1 nitrogen and oxygen atoms in total. The van der Waals surface area contributed by atoms with Crippen LogP contribution in [0.25, 0.3) is 0 Å². The fourth-order valence-corrected chi connectivity index (χ4v) is 4.12. The van der Waals surface area contributed by atoms with E-state index in [1.807, 2.05) is 17.8 Å². The summed E-state index contributed by atoms with van der Waals surface area (Å²) >= 11 is 5.48. The first-order chi connectivity index (χ1) is 9.49. The Hall–Kier alpha value is -0.770. The second-order valence-electron chi connectivity index (χ2n) is 5.19. The molecule has 2 N–H and O–H groups in total. The highest BCUT2D eigenvalue weighted by molar-refractivity contribution is 9.10. The minimum Gasteiger partial charge on any atom is -0.327 e. The van der Waals surface area contributed by atoms with E-state index in [1.54, 1.807) is 0 Å². The molecule has 0 amide bonds. The molecule has 2 unspecified atom stereocenters. The lowest BCUT2D eigenvalue weighted by Crippen LogP contribution is -2.23. The number of nitrogens with two attached hydrogens (primary N) is 1. The fourth-order valence-electron chi connectivity index (χ4n) is 2.23. The zero-order chi connectivity index (χ0) is 14.7. The third kappa shape index (κ3) is 3.66.